The largest absolute Gasteiger partial charge is 0.497 e. The lowest BCUT2D eigenvalue weighted by Gasteiger charge is -2.28. The van der Waals surface area contributed by atoms with E-state index in [4.69, 9.17) is 18.9 Å². The second-order valence-electron chi connectivity index (χ2n) is 15.5. The molecule has 0 atom stereocenters. The Morgan fingerprint density at radius 3 is 1.17 bits per heavy atom. The topological polar surface area (TPSA) is 136 Å². The van der Waals surface area contributed by atoms with Gasteiger partial charge in [-0.05, 0) is 115 Å². The van der Waals surface area contributed by atoms with Crippen LogP contribution < -0.4 is 20.1 Å². The van der Waals surface area contributed by atoms with E-state index in [9.17, 15) is 19.2 Å². The molecule has 0 unspecified atom stereocenters. The van der Waals surface area contributed by atoms with Crippen LogP contribution in [-0.4, -0.2) is 98.5 Å². The van der Waals surface area contributed by atoms with E-state index in [1.54, 1.807) is 24.0 Å². The Hall–Kier alpha value is -4.48. The van der Waals surface area contributed by atoms with Crippen molar-refractivity contribution in [3.8, 4) is 11.5 Å². The van der Waals surface area contributed by atoms with Crippen molar-refractivity contribution in [3.63, 3.8) is 0 Å². The number of nitrogens with one attached hydrogen (secondary N) is 2. The molecule has 2 rings (SSSR count). The number of benzene rings is 2. The minimum absolute atomic E-state index is 0.0272. The fourth-order valence-electron chi connectivity index (χ4n) is 5.47. The van der Waals surface area contributed by atoms with E-state index in [0.29, 0.717) is 77.8 Å². The molecule has 4 amide bonds. The van der Waals surface area contributed by atoms with Gasteiger partial charge in [-0.25, -0.2) is 9.59 Å². The van der Waals surface area contributed by atoms with Gasteiger partial charge in [0, 0.05) is 52.1 Å². The summed E-state index contributed by atoms with van der Waals surface area (Å²) in [5, 5.41) is 5.93. The summed E-state index contributed by atoms with van der Waals surface area (Å²) in [6.07, 6.45) is 5.84. The molecule has 0 aromatic heterocycles. The minimum Gasteiger partial charge on any atom is -0.497 e. The molecule has 0 fully saturated rings. The van der Waals surface area contributed by atoms with Crippen LogP contribution in [0.3, 0.4) is 0 Å². The summed E-state index contributed by atoms with van der Waals surface area (Å²) in [6.45, 7) is 14.0. The number of hydrogen-bond donors (Lipinski definition) is 2. The molecular formula is C42H66N4O8. The molecule has 0 spiro atoms. The van der Waals surface area contributed by atoms with Crippen LogP contribution in [0.5, 0.6) is 11.5 Å². The molecular weight excluding hydrogens is 688 g/mol. The summed E-state index contributed by atoms with van der Waals surface area (Å²) in [4.78, 5) is 54.3. The van der Waals surface area contributed by atoms with Crippen LogP contribution in [-0.2, 0) is 31.9 Å². The van der Waals surface area contributed by atoms with E-state index in [2.05, 4.69) is 10.6 Å². The maximum atomic E-state index is 13.0. The monoisotopic (exact) mass is 754 g/mol. The van der Waals surface area contributed by atoms with Crippen molar-refractivity contribution in [2.75, 3.05) is 53.5 Å². The SMILES string of the molecule is COc1ccc(CCC(=O)NCCCN(CCCCCCN(CCCNC(=O)CCc2ccc(OC)cc2)C(=O)OC(C)(C)C)C(=O)OC(C)(C)C)cc1. The molecule has 0 aliphatic rings. The second kappa shape index (κ2) is 24.0. The van der Waals surface area contributed by atoms with E-state index in [1.165, 1.54) is 0 Å². The normalized spacial score (nSPS) is 11.3. The van der Waals surface area contributed by atoms with Gasteiger partial charge in [0.05, 0.1) is 14.2 Å². The standard InChI is InChI=1S/C42H66N4O8/c1-41(2,3)53-39(49)45(31-13-27-43-37(47)25-19-33-15-21-35(51-7)22-16-33)29-11-9-10-12-30-46(40(50)54-42(4,5)6)32-14-28-44-38(48)26-20-34-17-23-36(52-8)24-18-34/h15-18,21-24H,9-14,19-20,25-32H2,1-8H3,(H,43,47)(H,44,48). The Bertz CT molecular complexity index is 1290. The number of methoxy groups -OCH3 is 2. The summed E-state index contributed by atoms with van der Waals surface area (Å²) in [7, 11) is 3.25. The van der Waals surface area contributed by atoms with Crippen molar-refractivity contribution >= 4 is 24.0 Å². The van der Waals surface area contributed by atoms with Gasteiger partial charge in [-0.1, -0.05) is 37.1 Å². The van der Waals surface area contributed by atoms with Crippen molar-refractivity contribution in [1.29, 1.82) is 0 Å². The van der Waals surface area contributed by atoms with Gasteiger partial charge in [-0.2, -0.15) is 0 Å². The molecule has 0 radical (unpaired) electrons. The number of carbonyl (C=O) groups excluding carboxylic acids is 4. The summed E-state index contributed by atoms with van der Waals surface area (Å²) < 4.78 is 21.7. The third-order valence-electron chi connectivity index (χ3n) is 8.36. The number of ether oxygens (including phenoxy) is 4. The van der Waals surface area contributed by atoms with Gasteiger partial charge in [-0.15, -0.1) is 0 Å². The molecule has 2 aromatic carbocycles. The Morgan fingerprint density at radius 2 is 0.852 bits per heavy atom. The van der Waals surface area contributed by atoms with Crippen LogP contribution in [0.4, 0.5) is 9.59 Å². The van der Waals surface area contributed by atoms with E-state index in [-0.39, 0.29) is 24.0 Å². The number of amides is 4. The number of carbonyl (C=O) groups is 4. The van der Waals surface area contributed by atoms with Gasteiger partial charge in [0.25, 0.3) is 0 Å². The summed E-state index contributed by atoms with van der Waals surface area (Å²) in [5.74, 6) is 1.51. The average Bonchev–Trinajstić information content (AvgIpc) is 3.11. The average molecular weight is 755 g/mol. The zero-order valence-corrected chi connectivity index (χ0v) is 34.1. The molecule has 2 N–H and O–H groups in total. The van der Waals surface area contributed by atoms with Crippen LogP contribution in [0.2, 0.25) is 0 Å². The van der Waals surface area contributed by atoms with Crippen LogP contribution in [0, 0.1) is 0 Å². The first-order chi connectivity index (χ1) is 25.6. The van der Waals surface area contributed by atoms with E-state index in [0.717, 1.165) is 48.3 Å². The molecule has 302 valence electrons. The highest BCUT2D eigenvalue weighted by molar-refractivity contribution is 5.76. The first kappa shape index (κ1) is 45.7. The highest BCUT2D eigenvalue weighted by atomic mass is 16.6. The number of hydrogen-bond acceptors (Lipinski definition) is 8. The highest BCUT2D eigenvalue weighted by Crippen LogP contribution is 2.16. The third kappa shape index (κ3) is 20.7. The lowest BCUT2D eigenvalue weighted by atomic mass is 10.1. The molecule has 12 heteroatoms. The van der Waals surface area contributed by atoms with Gasteiger partial charge in [0.2, 0.25) is 11.8 Å². The molecule has 0 saturated heterocycles. The Morgan fingerprint density at radius 1 is 0.519 bits per heavy atom. The van der Waals surface area contributed by atoms with Crippen molar-refractivity contribution in [1.82, 2.24) is 20.4 Å². The lowest BCUT2D eigenvalue weighted by Crippen LogP contribution is -2.39. The number of aryl methyl sites for hydroxylation is 2. The number of unbranched alkanes of at least 4 members (excludes halogenated alkanes) is 3. The van der Waals surface area contributed by atoms with E-state index >= 15 is 0 Å². The molecule has 54 heavy (non-hydrogen) atoms. The maximum absolute atomic E-state index is 13.0. The summed E-state index contributed by atoms with van der Waals surface area (Å²) >= 11 is 0. The zero-order chi connectivity index (χ0) is 40.0. The third-order valence-corrected chi connectivity index (χ3v) is 8.36. The Labute approximate surface area is 323 Å². The van der Waals surface area contributed by atoms with Crippen molar-refractivity contribution in [2.45, 2.75) is 117 Å². The lowest BCUT2D eigenvalue weighted by molar-refractivity contribution is -0.121. The van der Waals surface area contributed by atoms with Gasteiger partial charge in [0.1, 0.15) is 22.7 Å². The molecule has 0 saturated carbocycles. The van der Waals surface area contributed by atoms with Crippen molar-refractivity contribution in [3.05, 3.63) is 59.7 Å². The van der Waals surface area contributed by atoms with Crippen LogP contribution >= 0.6 is 0 Å². The predicted molar refractivity (Wildman–Crippen MR) is 212 cm³/mol. The first-order valence-corrected chi connectivity index (χ1v) is 19.3. The quantitative estimate of drug-likeness (QED) is 0.113. The van der Waals surface area contributed by atoms with Crippen LogP contribution in [0.1, 0.15) is 104 Å². The fraction of sp³-hybridized carbons (Fsp3) is 0.619. The highest BCUT2D eigenvalue weighted by Gasteiger charge is 2.23. The first-order valence-electron chi connectivity index (χ1n) is 19.3. The smallest absolute Gasteiger partial charge is 0.410 e. The predicted octanol–water partition coefficient (Wildman–Crippen LogP) is 7.32. The van der Waals surface area contributed by atoms with Crippen molar-refractivity contribution in [2.24, 2.45) is 0 Å². The molecule has 2 aromatic rings. The zero-order valence-electron chi connectivity index (χ0n) is 34.1. The fourth-order valence-corrected chi connectivity index (χ4v) is 5.47. The van der Waals surface area contributed by atoms with Crippen LogP contribution in [0.25, 0.3) is 0 Å². The maximum Gasteiger partial charge on any atom is 0.410 e. The minimum atomic E-state index is -0.615. The number of rotatable bonds is 23. The molecule has 0 aliphatic heterocycles. The summed E-state index contributed by atoms with van der Waals surface area (Å²) in [6, 6.07) is 15.4. The molecule has 0 bridgehead atoms. The molecule has 12 nitrogen and oxygen atoms in total. The van der Waals surface area contributed by atoms with Crippen molar-refractivity contribution < 1.29 is 38.1 Å². The van der Waals surface area contributed by atoms with Gasteiger partial charge < -0.3 is 39.4 Å². The van der Waals surface area contributed by atoms with E-state index < -0.39 is 11.2 Å². The van der Waals surface area contributed by atoms with E-state index in [1.807, 2.05) is 90.1 Å². The van der Waals surface area contributed by atoms with Crippen LogP contribution in [0.15, 0.2) is 48.5 Å². The van der Waals surface area contributed by atoms with Gasteiger partial charge >= 0.3 is 12.2 Å². The Balaban J connectivity index is 1.75. The number of nitrogens with zero attached hydrogens (tertiary/aromatic N) is 2. The summed E-state index contributed by atoms with van der Waals surface area (Å²) in [5.41, 5.74) is 0.905. The second-order valence-corrected chi connectivity index (χ2v) is 15.5. The molecule has 0 aliphatic carbocycles. The Kier molecular flexibility index (Phi) is 20.3. The molecule has 0 heterocycles. The van der Waals surface area contributed by atoms with Gasteiger partial charge in [0.15, 0.2) is 0 Å². The van der Waals surface area contributed by atoms with Gasteiger partial charge in [-0.3, -0.25) is 9.59 Å².